The van der Waals surface area contributed by atoms with Crippen molar-refractivity contribution in [2.24, 2.45) is 11.3 Å². The Morgan fingerprint density at radius 1 is 1.15 bits per heavy atom. The molecule has 0 unspecified atom stereocenters. The number of nitrogens with one attached hydrogen (secondary N) is 2. The number of carboxylic acids is 1. The number of piperidine rings is 1. The summed E-state index contributed by atoms with van der Waals surface area (Å²) in [6, 6.07) is 0. The first-order chi connectivity index (χ1) is 9.61. The summed E-state index contributed by atoms with van der Waals surface area (Å²) in [5.41, 5.74) is -0.216. The molecule has 0 radical (unpaired) electrons. The first kappa shape index (κ1) is 15.3. The molecule has 0 atom stereocenters. The first-order valence-electron chi connectivity index (χ1n) is 7.82. The smallest absolute Gasteiger partial charge is 0.303 e. The molecule has 0 aromatic heterocycles. The van der Waals surface area contributed by atoms with Crippen LogP contribution in [0, 0.1) is 11.3 Å². The van der Waals surface area contributed by atoms with E-state index in [4.69, 9.17) is 5.11 Å². The molecule has 1 saturated carbocycles. The van der Waals surface area contributed by atoms with Crippen molar-refractivity contribution in [3.8, 4) is 0 Å². The number of carbonyl (C=O) groups is 2. The summed E-state index contributed by atoms with van der Waals surface area (Å²) in [7, 11) is 0. The van der Waals surface area contributed by atoms with E-state index in [9.17, 15) is 9.59 Å². The molecular weight excluding hydrogens is 256 g/mol. The highest BCUT2D eigenvalue weighted by atomic mass is 16.4. The number of carbonyl (C=O) groups excluding carboxylic acids is 1. The molecule has 2 aliphatic rings. The van der Waals surface area contributed by atoms with E-state index in [-0.39, 0.29) is 23.7 Å². The number of aliphatic carboxylic acids is 1. The van der Waals surface area contributed by atoms with Crippen LogP contribution in [0.25, 0.3) is 0 Å². The second-order valence-electron chi connectivity index (χ2n) is 6.37. The molecule has 1 aliphatic heterocycles. The minimum Gasteiger partial charge on any atom is -0.481 e. The summed E-state index contributed by atoms with van der Waals surface area (Å²) in [4.78, 5) is 23.3. The van der Waals surface area contributed by atoms with Gasteiger partial charge in [0.1, 0.15) is 0 Å². The second-order valence-corrected chi connectivity index (χ2v) is 6.37. The Morgan fingerprint density at radius 3 is 2.40 bits per heavy atom. The molecule has 1 saturated heterocycles. The van der Waals surface area contributed by atoms with E-state index in [0.29, 0.717) is 6.54 Å². The third-order valence-electron chi connectivity index (χ3n) is 4.79. The van der Waals surface area contributed by atoms with Crippen molar-refractivity contribution in [3.05, 3.63) is 0 Å². The van der Waals surface area contributed by atoms with E-state index >= 15 is 0 Å². The average molecular weight is 282 g/mol. The van der Waals surface area contributed by atoms with Crippen LogP contribution in [0.1, 0.15) is 51.4 Å². The molecule has 5 nitrogen and oxygen atoms in total. The Bertz CT molecular complexity index is 345. The maximum Gasteiger partial charge on any atom is 0.303 e. The SMILES string of the molecule is O=C(O)CC1(CNC(=O)C2CCNCC2)CCCCC1. The van der Waals surface area contributed by atoms with Gasteiger partial charge < -0.3 is 15.7 Å². The van der Waals surface area contributed by atoms with Gasteiger partial charge in [-0.25, -0.2) is 0 Å². The Balaban J connectivity index is 1.87. The zero-order valence-electron chi connectivity index (χ0n) is 12.1. The Labute approximate surface area is 120 Å². The van der Waals surface area contributed by atoms with Crippen molar-refractivity contribution in [1.29, 1.82) is 0 Å². The van der Waals surface area contributed by atoms with E-state index in [2.05, 4.69) is 10.6 Å². The molecule has 3 N–H and O–H groups in total. The number of amides is 1. The van der Waals surface area contributed by atoms with Crippen molar-refractivity contribution >= 4 is 11.9 Å². The van der Waals surface area contributed by atoms with Crippen molar-refractivity contribution in [2.75, 3.05) is 19.6 Å². The van der Waals surface area contributed by atoms with Gasteiger partial charge in [-0.1, -0.05) is 19.3 Å². The molecule has 1 heterocycles. The van der Waals surface area contributed by atoms with Crippen LogP contribution in [-0.2, 0) is 9.59 Å². The van der Waals surface area contributed by atoms with Crippen LogP contribution in [0.15, 0.2) is 0 Å². The largest absolute Gasteiger partial charge is 0.481 e. The third kappa shape index (κ3) is 4.20. The van der Waals surface area contributed by atoms with Gasteiger partial charge in [-0.05, 0) is 44.2 Å². The minimum atomic E-state index is -0.747. The lowest BCUT2D eigenvalue weighted by molar-refractivity contribution is -0.141. The predicted octanol–water partition coefficient (Wildman–Crippen LogP) is 1.53. The van der Waals surface area contributed by atoms with Gasteiger partial charge in [0.15, 0.2) is 0 Å². The van der Waals surface area contributed by atoms with Crippen LogP contribution in [0.2, 0.25) is 0 Å². The van der Waals surface area contributed by atoms with Gasteiger partial charge in [-0.15, -0.1) is 0 Å². The zero-order chi connectivity index (χ0) is 14.4. The van der Waals surface area contributed by atoms with Crippen molar-refractivity contribution in [2.45, 2.75) is 51.4 Å². The standard InChI is InChI=1S/C15H26N2O3/c18-13(19)10-15(6-2-1-3-7-15)11-17-14(20)12-4-8-16-9-5-12/h12,16H,1-11H2,(H,17,20)(H,18,19). The van der Waals surface area contributed by atoms with Crippen LogP contribution in [0.3, 0.4) is 0 Å². The van der Waals surface area contributed by atoms with Gasteiger partial charge in [0.2, 0.25) is 5.91 Å². The van der Waals surface area contributed by atoms with Crippen LogP contribution in [-0.4, -0.2) is 36.6 Å². The van der Waals surface area contributed by atoms with Crippen LogP contribution in [0.4, 0.5) is 0 Å². The number of rotatable bonds is 5. The highest BCUT2D eigenvalue weighted by Crippen LogP contribution is 2.38. The zero-order valence-corrected chi connectivity index (χ0v) is 12.1. The van der Waals surface area contributed by atoms with Crippen LogP contribution >= 0.6 is 0 Å². The van der Waals surface area contributed by atoms with Gasteiger partial charge in [0, 0.05) is 12.5 Å². The van der Waals surface area contributed by atoms with Gasteiger partial charge in [0.25, 0.3) is 0 Å². The minimum absolute atomic E-state index is 0.0988. The molecule has 2 rings (SSSR count). The summed E-state index contributed by atoms with van der Waals surface area (Å²) in [6.07, 6.45) is 7.14. The quantitative estimate of drug-likeness (QED) is 0.714. The van der Waals surface area contributed by atoms with Gasteiger partial charge >= 0.3 is 5.97 Å². The Morgan fingerprint density at radius 2 is 1.80 bits per heavy atom. The topological polar surface area (TPSA) is 78.4 Å². The third-order valence-corrected chi connectivity index (χ3v) is 4.79. The summed E-state index contributed by atoms with van der Waals surface area (Å²) in [5.74, 6) is -0.536. The molecule has 114 valence electrons. The van der Waals surface area contributed by atoms with Gasteiger partial charge in [0.05, 0.1) is 6.42 Å². The normalized spacial score (nSPS) is 23.2. The average Bonchev–Trinajstić information content (AvgIpc) is 2.46. The lowest BCUT2D eigenvalue weighted by atomic mass is 9.71. The molecule has 0 spiro atoms. The van der Waals surface area contributed by atoms with E-state index < -0.39 is 5.97 Å². The van der Waals surface area contributed by atoms with Gasteiger partial charge in [-0.3, -0.25) is 9.59 Å². The molecule has 0 aromatic rings. The molecular formula is C15H26N2O3. The lowest BCUT2D eigenvalue weighted by Crippen LogP contribution is -2.44. The predicted molar refractivity (Wildman–Crippen MR) is 76.4 cm³/mol. The fourth-order valence-electron chi connectivity index (χ4n) is 3.54. The van der Waals surface area contributed by atoms with Gasteiger partial charge in [-0.2, -0.15) is 0 Å². The van der Waals surface area contributed by atoms with Crippen molar-refractivity contribution in [3.63, 3.8) is 0 Å². The second kappa shape index (κ2) is 7.07. The molecule has 0 bridgehead atoms. The maximum atomic E-state index is 12.2. The summed E-state index contributed by atoms with van der Waals surface area (Å²) in [5, 5.41) is 15.4. The van der Waals surface area contributed by atoms with E-state index in [1.165, 1.54) is 6.42 Å². The number of carboxylic acid groups (broad SMARTS) is 1. The lowest BCUT2D eigenvalue weighted by Gasteiger charge is -2.36. The molecule has 20 heavy (non-hydrogen) atoms. The number of hydrogen-bond acceptors (Lipinski definition) is 3. The monoisotopic (exact) mass is 282 g/mol. The van der Waals surface area contributed by atoms with Crippen molar-refractivity contribution < 1.29 is 14.7 Å². The van der Waals surface area contributed by atoms with E-state index in [1.54, 1.807) is 0 Å². The maximum absolute atomic E-state index is 12.2. The first-order valence-corrected chi connectivity index (χ1v) is 7.82. The van der Waals surface area contributed by atoms with E-state index in [0.717, 1.165) is 51.6 Å². The molecule has 1 amide bonds. The highest BCUT2D eigenvalue weighted by molar-refractivity contribution is 5.79. The fraction of sp³-hybridized carbons (Fsp3) is 0.867. The fourth-order valence-corrected chi connectivity index (χ4v) is 3.54. The van der Waals surface area contributed by atoms with Crippen molar-refractivity contribution in [1.82, 2.24) is 10.6 Å². The van der Waals surface area contributed by atoms with Crippen LogP contribution < -0.4 is 10.6 Å². The summed E-state index contributed by atoms with van der Waals surface area (Å²) < 4.78 is 0. The Hall–Kier alpha value is -1.10. The molecule has 0 aromatic carbocycles. The van der Waals surface area contributed by atoms with E-state index in [1.807, 2.05) is 0 Å². The molecule has 2 fully saturated rings. The summed E-state index contributed by atoms with van der Waals surface area (Å²) >= 11 is 0. The highest BCUT2D eigenvalue weighted by Gasteiger charge is 2.35. The molecule has 1 aliphatic carbocycles. The summed E-state index contributed by atoms with van der Waals surface area (Å²) in [6.45, 7) is 2.33. The number of hydrogen-bond donors (Lipinski definition) is 3. The molecule has 5 heteroatoms. The Kier molecular flexibility index (Phi) is 5.40. The van der Waals surface area contributed by atoms with Crippen LogP contribution in [0.5, 0.6) is 0 Å².